The van der Waals surface area contributed by atoms with Crippen molar-refractivity contribution in [2.75, 3.05) is 51.8 Å². The molecule has 0 atom stereocenters. The second-order valence-corrected chi connectivity index (χ2v) is 8.18. The Bertz CT molecular complexity index is 1020. The molecular formula is C27H32ClFN2O3. The number of anilines is 1. The molecule has 0 unspecified atom stereocenters. The van der Waals surface area contributed by atoms with Crippen molar-refractivity contribution in [3.63, 3.8) is 0 Å². The minimum Gasteiger partial charge on any atom is -0.496 e. The molecule has 182 valence electrons. The van der Waals surface area contributed by atoms with Crippen LogP contribution in [0.5, 0.6) is 17.2 Å². The van der Waals surface area contributed by atoms with E-state index in [0.29, 0.717) is 29.5 Å². The molecule has 0 saturated carbocycles. The zero-order valence-corrected chi connectivity index (χ0v) is 20.5. The SMILES string of the molecule is COc1cc(OC)cc(OCc2ccc(CCN3CCN(c4ccccc4F)CC3)cc2)c1.Cl. The number of benzene rings is 3. The summed E-state index contributed by atoms with van der Waals surface area (Å²) in [6.07, 6.45) is 0.994. The molecule has 0 radical (unpaired) electrons. The summed E-state index contributed by atoms with van der Waals surface area (Å²) in [5.41, 5.74) is 3.12. The van der Waals surface area contributed by atoms with E-state index >= 15 is 0 Å². The fourth-order valence-corrected chi connectivity index (χ4v) is 4.04. The van der Waals surface area contributed by atoms with Gasteiger partial charge in [0.2, 0.25) is 0 Å². The van der Waals surface area contributed by atoms with Crippen molar-refractivity contribution < 1.29 is 18.6 Å². The third-order valence-corrected chi connectivity index (χ3v) is 6.04. The molecule has 5 nitrogen and oxygen atoms in total. The monoisotopic (exact) mass is 486 g/mol. The van der Waals surface area contributed by atoms with E-state index in [4.69, 9.17) is 14.2 Å². The molecule has 1 heterocycles. The molecule has 1 saturated heterocycles. The van der Waals surface area contributed by atoms with Crippen LogP contribution in [0.2, 0.25) is 0 Å². The lowest BCUT2D eigenvalue weighted by Gasteiger charge is -2.36. The maximum absolute atomic E-state index is 14.0. The first-order chi connectivity index (χ1) is 16.1. The zero-order chi connectivity index (χ0) is 23.0. The highest BCUT2D eigenvalue weighted by molar-refractivity contribution is 5.85. The average Bonchev–Trinajstić information content (AvgIpc) is 2.87. The number of halogens is 2. The summed E-state index contributed by atoms with van der Waals surface area (Å²) in [6, 6.07) is 21.1. The first-order valence-electron chi connectivity index (χ1n) is 11.3. The third-order valence-electron chi connectivity index (χ3n) is 6.04. The normalized spacial score (nSPS) is 13.8. The van der Waals surface area contributed by atoms with Gasteiger partial charge in [0.15, 0.2) is 0 Å². The van der Waals surface area contributed by atoms with Gasteiger partial charge in [0.25, 0.3) is 0 Å². The van der Waals surface area contributed by atoms with E-state index in [1.165, 1.54) is 11.6 Å². The fourth-order valence-electron chi connectivity index (χ4n) is 4.04. The number of piperazine rings is 1. The van der Waals surface area contributed by atoms with Gasteiger partial charge in [0, 0.05) is 50.9 Å². The average molecular weight is 487 g/mol. The van der Waals surface area contributed by atoms with Crippen molar-refractivity contribution in [1.82, 2.24) is 4.90 Å². The molecule has 0 amide bonds. The summed E-state index contributed by atoms with van der Waals surface area (Å²) < 4.78 is 30.5. The Balaban J connectivity index is 0.00000324. The van der Waals surface area contributed by atoms with Crippen molar-refractivity contribution in [3.8, 4) is 17.2 Å². The molecule has 1 aliphatic heterocycles. The standard InChI is InChI=1S/C27H31FN2O3.ClH/c1-31-23-17-24(32-2)19-25(18-23)33-20-22-9-7-21(8-10-22)11-12-29-13-15-30(16-14-29)27-6-4-3-5-26(27)28;/h3-10,17-19H,11-16,20H2,1-2H3;1H. The molecule has 3 aromatic carbocycles. The summed E-state index contributed by atoms with van der Waals surface area (Å²) in [4.78, 5) is 4.59. The smallest absolute Gasteiger partial charge is 0.146 e. The van der Waals surface area contributed by atoms with Crippen molar-refractivity contribution in [2.24, 2.45) is 0 Å². The molecule has 0 bridgehead atoms. The minimum absolute atomic E-state index is 0. The van der Waals surface area contributed by atoms with E-state index in [1.54, 1.807) is 20.3 Å². The predicted molar refractivity (Wildman–Crippen MR) is 136 cm³/mol. The Morgan fingerprint density at radius 1 is 0.765 bits per heavy atom. The van der Waals surface area contributed by atoms with Crippen LogP contribution < -0.4 is 19.1 Å². The van der Waals surface area contributed by atoms with Crippen LogP contribution in [0.25, 0.3) is 0 Å². The number of methoxy groups -OCH3 is 2. The van der Waals surface area contributed by atoms with E-state index in [1.807, 2.05) is 30.3 Å². The fraction of sp³-hybridized carbons (Fsp3) is 0.333. The molecule has 1 fully saturated rings. The van der Waals surface area contributed by atoms with Gasteiger partial charge in [-0.15, -0.1) is 12.4 Å². The van der Waals surface area contributed by atoms with Crippen molar-refractivity contribution in [2.45, 2.75) is 13.0 Å². The Labute approximate surface area is 207 Å². The number of ether oxygens (including phenoxy) is 3. The van der Waals surface area contributed by atoms with Gasteiger partial charge in [-0.2, -0.15) is 0 Å². The van der Waals surface area contributed by atoms with E-state index in [2.05, 4.69) is 34.1 Å². The van der Waals surface area contributed by atoms with Gasteiger partial charge in [-0.1, -0.05) is 36.4 Å². The number of para-hydroxylation sites is 1. The van der Waals surface area contributed by atoms with Gasteiger partial charge < -0.3 is 19.1 Å². The summed E-state index contributed by atoms with van der Waals surface area (Å²) in [7, 11) is 3.25. The third kappa shape index (κ3) is 6.78. The van der Waals surface area contributed by atoms with E-state index < -0.39 is 0 Å². The molecular weight excluding hydrogens is 455 g/mol. The summed E-state index contributed by atoms with van der Waals surface area (Å²) >= 11 is 0. The topological polar surface area (TPSA) is 34.2 Å². The lowest BCUT2D eigenvalue weighted by molar-refractivity contribution is 0.260. The molecule has 0 spiro atoms. The van der Waals surface area contributed by atoms with Gasteiger partial charge in [0.1, 0.15) is 29.7 Å². The molecule has 4 rings (SSSR count). The van der Waals surface area contributed by atoms with Crippen molar-refractivity contribution in [3.05, 3.63) is 83.7 Å². The zero-order valence-electron chi connectivity index (χ0n) is 19.7. The molecule has 0 aromatic heterocycles. The van der Waals surface area contributed by atoms with Crippen LogP contribution in [0.1, 0.15) is 11.1 Å². The van der Waals surface area contributed by atoms with Crippen molar-refractivity contribution >= 4 is 18.1 Å². The van der Waals surface area contributed by atoms with Crippen LogP contribution in [0.15, 0.2) is 66.7 Å². The van der Waals surface area contributed by atoms with Gasteiger partial charge in [0.05, 0.1) is 19.9 Å². The van der Waals surface area contributed by atoms with Crippen molar-refractivity contribution in [1.29, 1.82) is 0 Å². The van der Waals surface area contributed by atoms with E-state index in [-0.39, 0.29) is 18.2 Å². The first kappa shape index (κ1) is 25.7. The van der Waals surface area contributed by atoms with Gasteiger partial charge >= 0.3 is 0 Å². The number of hydrogen-bond donors (Lipinski definition) is 0. The highest BCUT2D eigenvalue weighted by Crippen LogP contribution is 2.28. The lowest BCUT2D eigenvalue weighted by atomic mass is 10.1. The van der Waals surface area contributed by atoms with Crippen LogP contribution in [0, 0.1) is 5.82 Å². The molecule has 0 aliphatic carbocycles. The van der Waals surface area contributed by atoms with Gasteiger partial charge in [-0.25, -0.2) is 4.39 Å². The maximum atomic E-state index is 14.0. The number of nitrogens with zero attached hydrogens (tertiary/aromatic N) is 2. The van der Waals surface area contributed by atoms with Crippen LogP contribution in [-0.4, -0.2) is 51.8 Å². The van der Waals surface area contributed by atoms with Crippen LogP contribution in [0.4, 0.5) is 10.1 Å². The van der Waals surface area contributed by atoms with E-state index in [0.717, 1.165) is 44.7 Å². The maximum Gasteiger partial charge on any atom is 0.146 e. The molecule has 3 aromatic rings. The summed E-state index contributed by atoms with van der Waals surface area (Å²) in [6.45, 7) is 5.09. The van der Waals surface area contributed by atoms with Crippen LogP contribution in [-0.2, 0) is 13.0 Å². The Morgan fingerprint density at radius 2 is 1.35 bits per heavy atom. The largest absolute Gasteiger partial charge is 0.496 e. The second kappa shape index (κ2) is 12.5. The Morgan fingerprint density at radius 3 is 1.97 bits per heavy atom. The Kier molecular flexibility index (Phi) is 9.42. The lowest BCUT2D eigenvalue weighted by Crippen LogP contribution is -2.47. The number of rotatable bonds is 9. The highest BCUT2D eigenvalue weighted by Gasteiger charge is 2.18. The van der Waals surface area contributed by atoms with Crippen LogP contribution in [0.3, 0.4) is 0 Å². The quantitative estimate of drug-likeness (QED) is 0.415. The molecule has 7 heteroatoms. The van der Waals surface area contributed by atoms with Crippen LogP contribution >= 0.6 is 12.4 Å². The molecule has 0 N–H and O–H groups in total. The molecule has 34 heavy (non-hydrogen) atoms. The predicted octanol–water partition coefficient (Wildman–Crippen LogP) is 5.21. The summed E-state index contributed by atoms with van der Waals surface area (Å²) in [5.74, 6) is 1.98. The van der Waals surface area contributed by atoms with E-state index in [9.17, 15) is 4.39 Å². The summed E-state index contributed by atoms with van der Waals surface area (Å²) in [5, 5.41) is 0. The Hall–Kier alpha value is -2.96. The highest BCUT2D eigenvalue weighted by atomic mass is 35.5. The first-order valence-corrected chi connectivity index (χ1v) is 11.3. The second-order valence-electron chi connectivity index (χ2n) is 8.18. The number of hydrogen-bond acceptors (Lipinski definition) is 5. The van der Waals surface area contributed by atoms with Gasteiger partial charge in [-0.05, 0) is 29.7 Å². The van der Waals surface area contributed by atoms with Gasteiger partial charge in [-0.3, -0.25) is 4.90 Å². The minimum atomic E-state index is -0.138. The molecule has 1 aliphatic rings.